The van der Waals surface area contributed by atoms with Crippen molar-refractivity contribution in [2.45, 2.75) is 35.9 Å². The maximum atomic E-state index is 12.9. The first-order chi connectivity index (χ1) is 15.1. The normalized spacial score (nSPS) is 14.6. The average Bonchev–Trinajstić information content (AvgIpc) is 3.40. The second-order valence-electron chi connectivity index (χ2n) is 7.62. The third-order valence-electron chi connectivity index (χ3n) is 5.26. The largest absolute Gasteiger partial charge is 0.343 e. The van der Waals surface area contributed by atoms with Gasteiger partial charge in [-0.25, -0.2) is 4.98 Å². The van der Waals surface area contributed by atoms with E-state index in [0.717, 1.165) is 39.9 Å². The topological polar surface area (TPSA) is 62.3 Å². The molecule has 1 fully saturated rings. The van der Waals surface area contributed by atoms with Crippen molar-refractivity contribution in [1.29, 1.82) is 0 Å². The number of hydrogen-bond donors (Lipinski definition) is 1. The predicted molar refractivity (Wildman–Crippen MR) is 125 cm³/mol. The number of carbonyl (C=O) groups excluding carboxylic acids is 2. The van der Waals surface area contributed by atoms with Crippen molar-refractivity contribution in [1.82, 2.24) is 15.2 Å². The molecule has 1 aliphatic heterocycles. The van der Waals surface area contributed by atoms with Crippen LogP contribution in [0.3, 0.4) is 0 Å². The third-order valence-corrected chi connectivity index (χ3v) is 7.47. The number of rotatable bonds is 8. The molecular weight excluding hydrogens is 426 g/mol. The summed E-state index contributed by atoms with van der Waals surface area (Å²) in [4.78, 5) is 31.4. The van der Waals surface area contributed by atoms with Gasteiger partial charge in [-0.3, -0.25) is 9.59 Å². The number of aromatic nitrogens is 1. The first-order valence-electron chi connectivity index (χ1n) is 10.4. The number of hydrogen-bond acceptors (Lipinski definition) is 5. The number of carbonyl (C=O) groups is 2. The van der Waals surface area contributed by atoms with Gasteiger partial charge in [0.15, 0.2) is 0 Å². The van der Waals surface area contributed by atoms with Crippen LogP contribution in [0, 0.1) is 6.92 Å². The highest BCUT2D eigenvalue weighted by Gasteiger charge is 2.25. The van der Waals surface area contributed by atoms with Crippen LogP contribution in [0.1, 0.15) is 46.1 Å². The molecule has 1 aliphatic rings. The van der Waals surface area contributed by atoms with Crippen molar-refractivity contribution >= 4 is 34.9 Å². The molecule has 4 rings (SSSR count). The number of thiazole rings is 1. The van der Waals surface area contributed by atoms with E-state index in [4.69, 9.17) is 0 Å². The number of nitrogens with one attached hydrogen (secondary N) is 1. The molecule has 7 heteroatoms. The standard InChI is InChI=1S/C24H25N3O2S2/c1-17-15-30-24(25-17)31-16-18-9-11-20(12-10-18)23(29)26-21(19-6-3-2-4-7-19)14-27-13-5-8-22(27)28/h2-4,6-7,9-12,15,21H,5,8,13-14,16H2,1H3,(H,26,29). The van der Waals surface area contributed by atoms with Gasteiger partial charge in [0, 0.05) is 41.9 Å². The van der Waals surface area contributed by atoms with Gasteiger partial charge < -0.3 is 10.2 Å². The summed E-state index contributed by atoms with van der Waals surface area (Å²) in [6.07, 6.45) is 1.48. The minimum absolute atomic E-state index is 0.129. The molecule has 3 aromatic rings. The zero-order valence-corrected chi connectivity index (χ0v) is 19.0. The van der Waals surface area contributed by atoms with E-state index in [9.17, 15) is 9.59 Å². The minimum atomic E-state index is -0.237. The number of aryl methyl sites for hydroxylation is 1. The van der Waals surface area contributed by atoms with E-state index < -0.39 is 0 Å². The van der Waals surface area contributed by atoms with Crippen LogP contribution in [0.2, 0.25) is 0 Å². The van der Waals surface area contributed by atoms with Crippen molar-refractivity contribution in [3.05, 3.63) is 82.4 Å². The molecule has 2 amide bonds. The highest BCUT2D eigenvalue weighted by atomic mass is 32.2. The summed E-state index contributed by atoms with van der Waals surface area (Å²) in [6.45, 7) is 3.25. The maximum Gasteiger partial charge on any atom is 0.251 e. The molecule has 0 radical (unpaired) electrons. The first-order valence-corrected chi connectivity index (χ1v) is 12.2. The van der Waals surface area contributed by atoms with Crippen molar-refractivity contribution < 1.29 is 9.59 Å². The van der Waals surface area contributed by atoms with E-state index in [2.05, 4.69) is 15.7 Å². The van der Waals surface area contributed by atoms with Crippen LogP contribution in [0.25, 0.3) is 0 Å². The summed E-state index contributed by atoms with van der Waals surface area (Å²) in [7, 11) is 0. The van der Waals surface area contributed by atoms with Crippen LogP contribution >= 0.6 is 23.1 Å². The maximum absolute atomic E-state index is 12.9. The Labute approximate surface area is 190 Å². The summed E-state index contributed by atoms with van der Waals surface area (Å²) < 4.78 is 1.06. The fourth-order valence-electron chi connectivity index (χ4n) is 3.57. The summed E-state index contributed by atoms with van der Waals surface area (Å²) in [5.41, 5.74) is 3.81. The van der Waals surface area contributed by atoms with Gasteiger partial charge in [-0.15, -0.1) is 11.3 Å². The monoisotopic (exact) mass is 451 g/mol. The zero-order chi connectivity index (χ0) is 21.6. The lowest BCUT2D eigenvalue weighted by Crippen LogP contribution is -2.38. The van der Waals surface area contributed by atoms with E-state index in [-0.39, 0.29) is 17.9 Å². The number of amides is 2. The summed E-state index contributed by atoms with van der Waals surface area (Å²) in [6, 6.07) is 17.3. The van der Waals surface area contributed by atoms with Gasteiger partial charge in [0.05, 0.1) is 6.04 Å². The van der Waals surface area contributed by atoms with Gasteiger partial charge in [-0.05, 0) is 36.6 Å². The average molecular weight is 452 g/mol. The Kier molecular flexibility index (Phi) is 7.04. The van der Waals surface area contributed by atoms with Crippen LogP contribution < -0.4 is 5.32 Å². The lowest BCUT2D eigenvalue weighted by atomic mass is 10.1. The SMILES string of the molecule is Cc1csc(SCc2ccc(C(=O)NC(CN3CCCC3=O)c3ccccc3)cc2)n1. The van der Waals surface area contributed by atoms with E-state index in [1.165, 1.54) is 0 Å². The van der Waals surface area contributed by atoms with Crippen molar-refractivity contribution in [3.8, 4) is 0 Å². The van der Waals surface area contributed by atoms with E-state index in [0.29, 0.717) is 18.5 Å². The number of benzene rings is 2. The fraction of sp³-hybridized carbons (Fsp3) is 0.292. The minimum Gasteiger partial charge on any atom is -0.343 e. The van der Waals surface area contributed by atoms with Crippen LogP contribution in [-0.2, 0) is 10.5 Å². The van der Waals surface area contributed by atoms with E-state index >= 15 is 0 Å². The molecule has 5 nitrogen and oxygen atoms in total. The Balaban J connectivity index is 1.40. The second-order valence-corrected chi connectivity index (χ2v) is 9.70. The Morgan fingerprint density at radius 2 is 1.97 bits per heavy atom. The fourth-order valence-corrected chi connectivity index (χ4v) is 5.38. The molecule has 1 aromatic heterocycles. The van der Waals surface area contributed by atoms with Crippen LogP contribution in [0.4, 0.5) is 0 Å². The van der Waals surface area contributed by atoms with Crippen molar-refractivity contribution in [3.63, 3.8) is 0 Å². The van der Waals surface area contributed by atoms with E-state index in [1.807, 2.05) is 66.4 Å². The van der Waals surface area contributed by atoms with Crippen molar-refractivity contribution in [2.24, 2.45) is 0 Å². The smallest absolute Gasteiger partial charge is 0.251 e. The summed E-state index contributed by atoms with van der Waals surface area (Å²) in [5, 5.41) is 5.18. The Morgan fingerprint density at radius 1 is 1.19 bits per heavy atom. The first kappa shape index (κ1) is 21.6. The Hall–Kier alpha value is -2.64. The van der Waals surface area contributed by atoms with Crippen LogP contribution in [-0.4, -0.2) is 34.8 Å². The molecular formula is C24H25N3O2S2. The molecule has 0 saturated carbocycles. The second kappa shape index (κ2) is 10.1. The molecule has 31 heavy (non-hydrogen) atoms. The molecule has 2 heterocycles. The van der Waals surface area contributed by atoms with Gasteiger partial charge in [0.1, 0.15) is 4.34 Å². The van der Waals surface area contributed by atoms with Crippen LogP contribution in [0.5, 0.6) is 0 Å². The van der Waals surface area contributed by atoms with Gasteiger partial charge in [0.2, 0.25) is 5.91 Å². The highest BCUT2D eigenvalue weighted by Crippen LogP contribution is 2.26. The Morgan fingerprint density at radius 3 is 2.61 bits per heavy atom. The Bertz CT molecular complexity index is 1030. The van der Waals surface area contributed by atoms with Crippen LogP contribution in [0.15, 0.2) is 64.3 Å². The third kappa shape index (κ3) is 5.74. The predicted octanol–water partition coefficient (Wildman–Crippen LogP) is 4.84. The molecule has 1 saturated heterocycles. The quantitative estimate of drug-likeness (QED) is 0.498. The molecule has 0 spiro atoms. The molecule has 0 bridgehead atoms. The lowest BCUT2D eigenvalue weighted by molar-refractivity contribution is -0.128. The summed E-state index contributed by atoms with van der Waals surface area (Å²) >= 11 is 3.36. The molecule has 2 aromatic carbocycles. The lowest BCUT2D eigenvalue weighted by Gasteiger charge is -2.25. The van der Waals surface area contributed by atoms with Gasteiger partial charge in [-0.2, -0.15) is 0 Å². The summed E-state index contributed by atoms with van der Waals surface area (Å²) in [5.74, 6) is 0.848. The highest BCUT2D eigenvalue weighted by molar-refractivity contribution is 8.00. The van der Waals surface area contributed by atoms with E-state index in [1.54, 1.807) is 23.1 Å². The zero-order valence-electron chi connectivity index (χ0n) is 17.4. The molecule has 0 aliphatic carbocycles. The van der Waals surface area contributed by atoms with Gasteiger partial charge in [-0.1, -0.05) is 54.2 Å². The van der Waals surface area contributed by atoms with Gasteiger partial charge >= 0.3 is 0 Å². The molecule has 1 N–H and O–H groups in total. The van der Waals surface area contributed by atoms with Crippen molar-refractivity contribution in [2.75, 3.05) is 13.1 Å². The number of thioether (sulfide) groups is 1. The number of nitrogens with zero attached hydrogens (tertiary/aromatic N) is 2. The molecule has 1 unspecified atom stereocenters. The van der Waals surface area contributed by atoms with Gasteiger partial charge in [0.25, 0.3) is 5.91 Å². The molecule has 160 valence electrons. The molecule has 1 atom stereocenters. The number of likely N-dealkylation sites (tertiary alicyclic amines) is 1.